The van der Waals surface area contributed by atoms with Crippen LogP contribution in [0.5, 0.6) is 0 Å². The van der Waals surface area contributed by atoms with Crippen molar-refractivity contribution in [3.8, 4) is 0 Å². The van der Waals surface area contributed by atoms with Crippen LogP contribution in [0.2, 0.25) is 0 Å². The van der Waals surface area contributed by atoms with Gasteiger partial charge in [-0.05, 0) is 35.4 Å². The second-order valence-corrected chi connectivity index (χ2v) is 5.70. The Bertz CT molecular complexity index is 468. The van der Waals surface area contributed by atoms with Gasteiger partial charge in [-0.1, -0.05) is 39.0 Å². The molecular weight excluding hydrogens is 238 g/mol. The van der Waals surface area contributed by atoms with Crippen LogP contribution in [0.3, 0.4) is 0 Å². The van der Waals surface area contributed by atoms with E-state index in [4.69, 9.17) is 5.11 Å². The number of benzene rings is 1. The molecule has 3 heteroatoms. The summed E-state index contributed by atoms with van der Waals surface area (Å²) in [5.74, 6) is -0.477. The van der Waals surface area contributed by atoms with E-state index in [1.165, 1.54) is 16.7 Å². The average Bonchev–Trinajstić information content (AvgIpc) is 2.87. The van der Waals surface area contributed by atoms with Gasteiger partial charge in [0.2, 0.25) is 0 Å². The highest BCUT2D eigenvalue weighted by Gasteiger charge is 2.31. The molecule has 2 N–H and O–H groups in total. The van der Waals surface area contributed by atoms with Crippen LogP contribution >= 0.6 is 0 Å². The molecule has 1 saturated heterocycles. The van der Waals surface area contributed by atoms with Crippen LogP contribution in [0.1, 0.15) is 55.8 Å². The first-order valence-electron chi connectivity index (χ1n) is 7.11. The summed E-state index contributed by atoms with van der Waals surface area (Å²) in [4.78, 5) is 11.1. The van der Waals surface area contributed by atoms with Crippen LogP contribution in [0, 0.1) is 5.92 Å². The SMILES string of the molecule is CCc1ccc(C(C)C)c(C2CC(C(=O)O)CN2)c1. The quantitative estimate of drug-likeness (QED) is 0.875. The molecule has 1 aromatic rings. The van der Waals surface area contributed by atoms with Crippen molar-refractivity contribution in [3.05, 3.63) is 34.9 Å². The fraction of sp³-hybridized carbons (Fsp3) is 0.562. The highest BCUT2D eigenvalue weighted by molar-refractivity contribution is 5.70. The lowest BCUT2D eigenvalue weighted by Crippen LogP contribution is -2.18. The number of aliphatic carboxylic acids is 1. The molecule has 1 aromatic carbocycles. The van der Waals surface area contributed by atoms with Crippen molar-refractivity contribution < 1.29 is 9.90 Å². The molecule has 0 saturated carbocycles. The highest BCUT2D eigenvalue weighted by atomic mass is 16.4. The number of hydrogen-bond acceptors (Lipinski definition) is 2. The van der Waals surface area contributed by atoms with Gasteiger partial charge in [-0.25, -0.2) is 0 Å². The van der Waals surface area contributed by atoms with Crippen molar-refractivity contribution in [2.45, 2.75) is 45.6 Å². The molecule has 2 atom stereocenters. The third-order valence-electron chi connectivity index (χ3n) is 4.04. The van der Waals surface area contributed by atoms with Gasteiger partial charge >= 0.3 is 5.97 Å². The Balaban J connectivity index is 2.30. The number of rotatable bonds is 4. The van der Waals surface area contributed by atoms with E-state index in [0.717, 1.165) is 6.42 Å². The number of carboxylic acids is 1. The second-order valence-electron chi connectivity index (χ2n) is 5.70. The monoisotopic (exact) mass is 261 g/mol. The molecule has 1 aliphatic rings. The van der Waals surface area contributed by atoms with E-state index in [1.807, 2.05) is 0 Å². The summed E-state index contributed by atoms with van der Waals surface area (Å²) in [6, 6.07) is 6.82. The Kier molecular flexibility index (Phi) is 4.25. The Morgan fingerprint density at radius 2 is 2.21 bits per heavy atom. The van der Waals surface area contributed by atoms with Crippen molar-refractivity contribution in [2.75, 3.05) is 6.54 Å². The van der Waals surface area contributed by atoms with Gasteiger partial charge in [-0.15, -0.1) is 0 Å². The van der Waals surface area contributed by atoms with Gasteiger partial charge in [0.05, 0.1) is 5.92 Å². The first kappa shape index (κ1) is 14.1. The predicted molar refractivity (Wildman–Crippen MR) is 76.4 cm³/mol. The summed E-state index contributed by atoms with van der Waals surface area (Å²) >= 11 is 0. The summed E-state index contributed by atoms with van der Waals surface area (Å²) in [6.07, 6.45) is 1.71. The molecule has 1 aliphatic heterocycles. The zero-order chi connectivity index (χ0) is 14.0. The second kappa shape index (κ2) is 5.74. The lowest BCUT2D eigenvalue weighted by molar-refractivity contribution is -0.141. The molecule has 0 spiro atoms. The normalized spacial score (nSPS) is 22.9. The maximum atomic E-state index is 11.1. The molecule has 0 radical (unpaired) electrons. The Morgan fingerprint density at radius 1 is 1.47 bits per heavy atom. The minimum atomic E-state index is -0.687. The van der Waals surface area contributed by atoms with Crippen LogP contribution in [0.15, 0.2) is 18.2 Å². The molecule has 0 amide bonds. The molecule has 0 aliphatic carbocycles. The fourth-order valence-electron chi connectivity index (χ4n) is 2.83. The average molecular weight is 261 g/mol. The van der Waals surface area contributed by atoms with Crippen LogP contribution in [-0.4, -0.2) is 17.6 Å². The van der Waals surface area contributed by atoms with Crippen molar-refractivity contribution in [3.63, 3.8) is 0 Å². The molecule has 3 nitrogen and oxygen atoms in total. The molecule has 2 unspecified atom stereocenters. The third kappa shape index (κ3) is 2.98. The predicted octanol–water partition coefficient (Wildman–Crippen LogP) is 3.11. The summed E-state index contributed by atoms with van der Waals surface area (Å²) in [5, 5.41) is 12.5. The maximum Gasteiger partial charge on any atom is 0.307 e. The molecule has 2 rings (SSSR count). The lowest BCUT2D eigenvalue weighted by Gasteiger charge is -2.19. The van der Waals surface area contributed by atoms with E-state index in [-0.39, 0.29) is 12.0 Å². The van der Waals surface area contributed by atoms with Gasteiger partial charge in [0.25, 0.3) is 0 Å². The van der Waals surface area contributed by atoms with Gasteiger partial charge in [0.15, 0.2) is 0 Å². The van der Waals surface area contributed by atoms with Crippen LogP contribution in [0.25, 0.3) is 0 Å². The number of nitrogens with one attached hydrogen (secondary N) is 1. The van der Waals surface area contributed by atoms with E-state index in [1.54, 1.807) is 0 Å². The Hall–Kier alpha value is -1.35. The van der Waals surface area contributed by atoms with Gasteiger partial charge in [0, 0.05) is 12.6 Å². The maximum absolute atomic E-state index is 11.1. The number of carboxylic acid groups (broad SMARTS) is 1. The van der Waals surface area contributed by atoms with Crippen LogP contribution < -0.4 is 5.32 Å². The molecular formula is C16H23NO2. The zero-order valence-electron chi connectivity index (χ0n) is 11.9. The lowest BCUT2D eigenvalue weighted by atomic mass is 9.89. The van der Waals surface area contributed by atoms with Crippen LogP contribution in [-0.2, 0) is 11.2 Å². The minimum absolute atomic E-state index is 0.185. The van der Waals surface area contributed by atoms with Gasteiger partial charge in [-0.3, -0.25) is 4.79 Å². The molecule has 19 heavy (non-hydrogen) atoms. The molecule has 0 aromatic heterocycles. The van der Waals surface area contributed by atoms with Crippen molar-refractivity contribution in [1.29, 1.82) is 0 Å². The number of carbonyl (C=O) groups is 1. The van der Waals surface area contributed by atoms with E-state index in [0.29, 0.717) is 18.9 Å². The first-order valence-corrected chi connectivity index (χ1v) is 7.11. The minimum Gasteiger partial charge on any atom is -0.481 e. The molecule has 1 fully saturated rings. The van der Waals surface area contributed by atoms with Crippen molar-refractivity contribution in [1.82, 2.24) is 5.32 Å². The van der Waals surface area contributed by atoms with Gasteiger partial charge < -0.3 is 10.4 Å². The highest BCUT2D eigenvalue weighted by Crippen LogP contribution is 2.33. The fourth-order valence-corrected chi connectivity index (χ4v) is 2.83. The summed E-state index contributed by atoms with van der Waals surface area (Å²) in [6.45, 7) is 7.10. The van der Waals surface area contributed by atoms with E-state index in [9.17, 15) is 4.79 Å². The van der Waals surface area contributed by atoms with Crippen LogP contribution in [0.4, 0.5) is 0 Å². The third-order valence-corrected chi connectivity index (χ3v) is 4.04. The number of aryl methyl sites for hydroxylation is 1. The van der Waals surface area contributed by atoms with Crippen molar-refractivity contribution in [2.24, 2.45) is 5.92 Å². The topological polar surface area (TPSA) is 49.3 Å². The first-order chi connectivity index (χ1) is 9.02. The van der Waals surface area contributed by atoms with Gasteiger partial charge in [0.1, 0.15) is 0 Å². The zero-order valence-corrected chi connectivity index (χ0v) is 11.9. The smallest absolute Gasteiger partial charge is 0.307 e. The summed E-state index contributed by atoms with van der Waals surface area (Å²) < 4.78 is 0. The van der Waals surface area contributed by atoms with Gasteiger partial charge in [-0.2, -0.15) is 0 Å². The Morgan fingerprint density at radius 3 is 2.74 bits per heavy atom. The van der Waals surface area contributed by atoms with Crippen molar-refractivity contribution >= 4 is 5.97 Å². The summed E-state index contributed by atoms with van der Waals surface area (Å²) in [7, 11) is 0. The molecule has 0 bridgehead atoms. The van der Waals surface area contributed by atoms with E-state index < -0.39 is 5.97 Å². The molecule has 1 heterocycles. The molecule has 104 valence electrons. The number of hydrogen-bond donors (Lipinski definition) is 2. The standard InChI is InChI=1S/C16H23NO2/c1-4-11-5-6-13(10(2)3)14(7-11)15-8-12(9-17-15)16(18)19/h5-7,10,12,15,17H,4,8-9H2,1-3H3,(H,18,19). The summed E-state index contributed by atoms with van der Waals surface area (Å²) in [5.41, 5.74) is 3.94. The largest absolute Gasteiger partial charge is 0.481 e. The van der Waals surface area contributed by atoms with E-state index in [2.05, 4.69) is 44.3 Å². The Labute approximate surface area is 115 Å². The van der Waals surface area contributed by atoms with E-state index >= 15 is 0 Å².